The molecule has 1 aromatic carbocycles. The molecule has 0 saturated carbocycles. The Labute approximate surface area is 115 Å². The molecule has 2 aromatic rings. The number of carbonyl (C=O) groups is 1. The molecule has 2 rings (SSSR count). The zero-order chi connectivity index (χ0) is 13.7. The summed E-state index contributed by atoms with van der Waals surface area (Å²) in [6.07, 6.45) is 2.38. The second kappa shape index (κ2) is 6.07. The maximum absolute atomic E-state index is 11.8. The van der Waals surface area contributed by atoms with E-state index in [-0.39, 0.29) is 5.91 Å². The summed E-state index contributed by atoms with van der Waals surface area (Å²) in [6, 6.07) is 10.3. The highest BCUT2D eigenvalue weighted by molar-refractivity contribution is 6.33. The minimum atomic E-state index is -0.173. The third-order valence-corrected chi connectivity index (χ3v) is 2.88. The summed E-state index contributed by atoms with van der Waals surface area (Å²) in [4.78, 5) is 11.8. The Morgan fingerprint density at radius 3 is 2.95 bits per heavy atom. The predicted octanol–water partition coefficient (Wildman–Crippen LogP) is 3.38. The fourth-order valence-corrected chi connectivity index (χ4v) is 1.76. The van der Waals surface area contributed by atoms with Gasteiger partial charge in [-0.3, -0.25) is 4.79 Å². The Bertz CT molecular complexity index is 615. The number of nitrogens with zero attached hydrogens (tertiary/aromatic N) is 1. The molecular weight excluding hydrogens is 264 g/mol. The van der Waals surface area contributed by atoms with Crippen LogP contribution in [0.4, 0.5) is 5.69 Å². The van der Waals surface area contributed by atoms with Crippen molar-refractivity contribution in [2.75, 3.05) is 5.32 Å². The van der Waals surface area contributed by atoms with Gasteiger partial charge in [-0.2, -0.15) is 5.26 Å². The van der Waals surface area contributed by atoms with Crippen molar-refractivity contribution in [1.29, 1.82) is 5.26 Å². The first-order chi connectivity index (χ1) is 9.19. The van der Waals surface area contributed by atoms with Gasteiger partial charge in [0, 0.05) is 12.8 Å². The highest BCUT2D eigenvalue weighted by Gasteiger charge is 2.08. The van der Waals surface area contributed by atoms with Crippen LogP contribution in [0.1, 0.15) is 17.7 Å². The molecule has 1 amide bonds. The van der Waals surface area contributed by atoms with Crippen molar-refractivity contribution in [2.24, 2.45) is 0 Å². The summed E-state index contributed by atoms with van der Waals surface area (Å²) >= 11 is 5.95. The van der Waals surface area contributed by atoms with E-state index in [1.807, 2.05) is 12.1 Å². The SMILES string of the molecule is N#Cc1ccc(Cl)c(NC(=O)CCc2ccco2)c1. The van der Waals surface area contributed by atoms with E-state index in [0.29, 0.717) is 29.1 Å². The Morgan fingerprint density at radius 2 is 2.26 bits per heavy atom. The standard InChI is InChI=1S/C14H11ClN2O2/c15-12-5-3-10(9-16)8-13(12)17-14(18)6-4-11-2-1-7-19-11/h1-3,5,7-8H,4,6H2,(H,17,18). The van der Waals surface area contributed by atoms with Crippen LogP contribution in [0.15, 0.2) is 41.0 Å². The van der Waals surface area contributed by atoms with Crippen LogP contribution in [0.2, 0.25) is 5.02 Å². The van der Waals surface area contributed by atoms with E-state index in [1.165, 1.54) is 0 Å². The van der Waals surface area contributed by atoms with Crippen molar-refractivity contribution in [3.8, 4) is 6.07 Å². The number of furan rings is 1. The van der Waals surface area contributed by atoms with Gasteiger partial charge in [0.25, 0.3) is 0 Å². The quantitative estimate of drug-likeness (QED) is 0.929. The molecule has 0 radical (unpaired) electrons. The topological polar surface area (TPSA) is 66.0 Å². The average molecular weight is 275 g/mol. The number of carbonyl (C=O) groups excluding carboxylic acids is 1. The van der Waals surface area contributed by atoms with Crippen LogP contribution >= 0.6 is 11.6 Å². The minimum absolute atomic E-state index is 0.173. The first-order valence-electron chi connectivity index (χ1n) is 5.71. The summed E-state index contributed by atoms with van der Waals surface area (Å²) < 4.78 is 5.15. The molecular formula is C14H11ClN2O2. The average Bonchev–Trinajstić information content (AvgIpc) is 2.92. The molecule has 1 heterocycles. The van der Waals surface area contributed by atoms with Crippen LogP contribution in [-0.4, -0.2) is 5.91 Å². The summed E-state index contributed by atoms with van der Waals surface area (Å²) in [7, 11) is 0. The predicted molar refractivity (Wildman–Crippen MR) is 71.8 cm³/mol. The molecule has 0 bridgehead atoms. The van der Waals surface area contributed by atoms with Gasteiger partial charge in [0.05, 0.1) is 28.6 Å². The van der Waals surface area contributed by atoms with E-state index in [2.05, 4.69) is 5.32 Å². The lowest BCUT2D eigenvalue weighted by atomic mass is 10.2. The molecule has 5 heteroatoms. The van der Waals surface area contributed by atoms with Gasteiger partial charge < -0.3 is 9.73 Å². The molecule has 0 aliphatic heterocycles. The Kier molecular flexibility index (Phi) is 4.22. The van der Waals surface area contributed by atoms with E-state index in [9.17, 15) is 4.79 Å². The fraction of sp³-hybridized carbons (Fsp3) is 0.143. The molecule has 0 aliphatic carbocycles. The van der Waals surface area contributed by atoms with Crippen LogP contribution < -0.4 is 5.32 Å². The van der Waals surface area contributed by atoms with E-state index >= 15 is 0 Å². The lowest BCUT2D eigenvalue weighted by Crippen LogP contribution is -2.12. The van der Waals surface area contributed by atoms with Gasteiger partial charge in [0.2, 0.25) is 5.91 Å². The number of rotatable bonds is 4. The third-order valence-electron chi connectivity index (χ3n) is 2.55. The molecule has 0 aliphatic rings. The van der Waals surface area contributed by atoms with Crippen molar-refractivity contribution >= 4 is 23.2 Å². The van der Waals surface area contributed by atoms with Crippen molar-refractivity contribution in [3.05, 3.63) is 52.9 Å². The van der Waals surface area contributed by atoms with Crippen LogP contribution in [0.25, 0.3) is 0 Å². The Balaban J connectivity index is 1.97. The van der Waals surface area contributed by atoms with Crippen molar-refractivity contribution in [3.63, 3.8) is 0 Å². The zero-order valence-corrected chi connectivity index (χ0v) is 10.8. The fourth-order valence-electron chi connectivity index (χ4n) is 1.59. The number of nitriles is 1. The number of nitrogens with one attached hydrogen (secondary N) is 1. The number of hydrogen-bond donors (Lipinski definition) is 1. The van der Waals surface area contributed by atoms with Gasteiger partial charge in [0.1, 0.15) is 5.76 Å². The molecule has 1 N–H and O–H groups in total. The second-order valence-electron chi connectivity index (χ2n) is 3.93. The number of anilines is 1. The van der Waals surface area contributed by atoms with Gasteiger partial charge in [-0.25, -0.2) is 0 Å². The van der Waals surface area contributed by atoms with E-state index in [0.717, 1.165) is 5.76 Å². The molecule has 0 spiro atoms. The third kappa shape index (κ3) is 3.60. The van der Waals surface area contributed by atoms with Crippen LogP contribution in [0.3, 0.4) is 0 Å². The lowest BCUT2D eigenvalue weighted by Gasteiger charge is -2.07. The zero-order valence-electron chi connectivity index (χ0n) is 10.0. The number of benzene rings is 1. The van der Waals surface area contributed by atoms with Crippen LogP contribution in [-0.2, 0) is 11.2 Å². The maximum Gasteiger partial charge on any atom is 0.224 e. The number of aryl methyl sites for hydroxylation is 1. The van der Waals surface area contributed by atoms with Crippen molar-refractivity contribution in [1.82, 2.24) is 0 Å². The monoisotopic (exact) mass is 274 g/mol. The summed E-state index contributed by atoms with van der Waals surface area (Å²) in [5.41, 5.74) is 0.899. The van der Waals surface area contributed by atoms with Gasteiger partial charge in [0.15, 0.2) is 0 Å². The minimum Gasteiger partial charge on any atom is -0.469 e. The second-order valence-corrected chi connectivity index (χ2v) is 4.34. The number of halogens is 1. The van der Waals surface area contributed by atoms with E-state index < -0.39 is 0 Å². The Morgan fingerprint density at radius 1 is 1.42 bits per heavy atom. The highest BCUT2D eigenvalue weighted by Crippen LogP contribution is 2.23. The normalized spacial score (nSPS) is 9.89. The number of hydrogen-bond acceptors (Lipinski definition) is 3. The molecule has 0 fully saturated rings. The van der Waals surface area contributed by atoms with Crippen molar-refractivity contribution < 1.29 is 9.21 Å². The molecule has 0 atom stereocenters. The first-order valence-corrected chi connectivity index (χ1v) is 6.08. The summed E-state index contributed by atoms with van der Waals surface area (Å²) in [5, 5.41) is 11.9. The smallest absolute Gasteiger partial charge is 0.224 e. The van der Waals surface area contributed by atoms with Gasteiger partial charge >= 0.3 is 0 Å². The Hall–Kier alpha value is -2.25. The molecule has 96 valence electrons. The maximum atomic E-state index is 11.8. The van der Waals surface area contributed by atoms with Crippen molar-refractivity contribution in [2.45, 2.75) is 12.8 Å². The largest absolute Gasteiger partial charge is 0.469 e. The molecule has 4 nitrogen and oxygen atoms in total. The first kappa shape index (κ1) is 13.2. The molecule has 19 heavy (non-hydrogen) atoms. The summed E-state index contributed by atoms with van der Waals surface area (Å²) in [6.45, 7) is 0. The van der Waals surface area contributed by atoms with Crippen LogP contribution in [0, 0.1) is 11.3 Å². The molecule has 1 aromatic heterocycles. The highest BCUT2D eigenvalue weighted by atomic mass is 35.5. The number of amides is 1. The van der Waals surface area contributed by atoms with Crippen LogP contribution in [0.5, 0.6) is 0 Å². The van der Waals surface area contributed by atoms with Gasteiger partial charge in [-0.1, -0.05) is 11.6 Å². The lowest BCUT2D eigenvalue weighted by molar-refractivity contribution is -0.116. The van der Waals surface area contributed by atoms with Gasteiger partial charge in [-0.15, -0.1) is 0 Å². The molecule has 0 unspecified atom stereocenters. The summed E-state index contributed by atoms with van der Waals surface area (Å²) in [5.74, 6) is 0.584. The van der Waals surface area contributed by atoms with E-state index in [1.54, 1.807) is 30.5 Å². The molecule has 0 saturated heterocycles. The van der Waals surface area contributed by atoms with Gasteiger partial charge in [-0.05, 0) is 30.3 Å². The van der Waals surface area contributed by atoms with E-state index in [4.69, 9.17) is 21.3 Å².